The van der Waals surface area contributed by atoms with Gasteiger partial charge in [0.15, 0.2) is 0 Å². The van der Waals surface area contributed by atoms with Crippen LogP contribution in [0.2, 0.25) is 0 Å². The third kappa shape index (κ3) is 2.85. The zero-order valence-electron chi connectivity index (χ0n) is 22.2. The van der Waals surface area contributed by atoms with Crippen LogP contribution in [0.5, 0.6) is 0 Å². The van der Waals surface area contributed by atoms with E-state index in [0.29, 0.717) is 30.9 Å². The molecule has 3 saturated heterocycles. The Morgan fingerprint density at radius 1 is 1.03 bits per heavy atom. The maximum atomic E-state index is 13.8. The molecule has 0 aromatic heterocycles. The second-order valence-electron chi connectivity index (χ2n) is 12.4. The minimum Gasteiger partial charge on any atom is -0.466 e. The number of fused-ring (bicyclic) bond motifs is 2. The van der Waals surface area contributed by atoms with Crippen LogP contribution in [-0.2, 0) is 19.0 Å². The lowest BCUT2D eigenvalue weighted by molar-refractivity contribution is -0.181. The number of aliphatic hydroxyl groups excluding tert-OH is 1. The molecule has 3 aliphatic heterocycles. The zero-order valence-corrected chi connectivity index (χ0v) is 22.2. The molecule has 38 heavy (non-hydrogen) atoms. The summed E-state index contributed by atoms with van der Waals surface area (Å²) in [5, 5.41) is 23.7. The van der Waals surface area contributed by atoms with Gasteiger partial charge in [-0.15, -0.1) is 0 Å². The molecule has 5 bridgehead atoms. The lowest BCUT2D eigenvalue weighted by Crippen LogP contribution is -2.74. The average molecular weight is 524 g/mol. The summed E-state index contributed by atoms with van der Waals surface area (Å²) in [5.74, 6) is -1.39. The van der Waals surface area contributed by atoms with Gasteiger partial charge < -0.3 is 24.4 Å². The standard InChI is InChI=1S/C30H37NO7/c1-15-9-10-18-20-13-17-14-29(18,35)26-23(28(34)37-3)25(38-27(33)16-7-5-4-6-8-16)22-19(30(17,26)31(15)20)11-12-21(32)24(22)36-2/h4-8,15,17-22,24-25,32,35H,9-14H2,1-3H3/t15-,17-,18+,19+,20+,21?,22-,24-,25-,29+,30+/m1/s1. The third-order valence-electron chi connectivity index (χ3n) is 11.2. The molecule has 6 aliphatic rings. The van der Waals surface area contributed by atoms with Gasteiger partial charge >= 0.3 is 11.9 Å². The number of carbonyl (C=O) groups is 2. The van der Waals surface area contributed by atoms with Crippen molar-refractivity contribution in [1.29, 1.82) is 0 Å². The van der Waals surface area contributed by atoms with Crippen LogP contribution in [0, 0.1) is 23.7 Å². The summed E-state index contributed by atoms with van der Waals surface area (Å²) in [5.41, 5.74) is -0.273. The molecule has 1 aromatic rings. The Balaban J connectivity index is 1.49. The van der Waals surface area contributed by atoms with Crippen molar-refractivity contribution in [3.05, 3.63) is 47.0 Å². The van der Waals surface area contributed by atoms with E-state index in [4.69, 9.17) is 14.2 Å². The van der Waals surface area contributed by atoms with Gasteiger partial charge in [-0.3, -0.25) is 4.90 Å². The molecule has 1 aromatic carbocycles. The van der Waals surface area contributed by atoms with Crippen LogP contribution in [-0.4, -0.2) is 82.8 Å². The number of rotatable bonds is 4. The van der Waals surface area contributed by atoms with E-state index in [1.165, 1.54) is 7.11 Å². The molecular weight excluding hydrogens is 486 g/mol. The second-order valence-corrected chi connectivity index (χ2v) is 12.4. The molecule has 7 rings (SSSR count). The quantitative estimate of drug-likeness (QED) is 0.580. The van der Waals surface area contributed by atoms with E-state index in [9.17, 15) is 19.8 Å². The molecule has 8 heteroatoms. The molecule has 3 aliphatic carbocycles. The molecule has 5 fully saturated rings. The van der Waals surface area contributed by atoms with Crippen molar-refractivity contribution < 1.29 is 34.0 Å². The highest BCUT2D eigenvalue weighted by molar-refractivity contribution is 5.95. The third-order valence-corrected chi connectivity index (χ3v) is 11.2. The number of ether oxygens (including phenoxy) is 3. The van der Waals surface area contributed by atoms with Crippen LogP contribution in [0.25, 0.3) is 0 Å². The van der Waals surface area contributed by atoms with Gasteiger partial charge in [-0.2, -0.15) is 0 Å². The molecule has 2 saturated carbocycles. The van der Waals surface area contributed by atoms with E-state index in [2.05, 4.69) is 11.8 Å². The number of benzene rings is 1. The number of carbonyl (C=O) groups excluding carboxylic acids is 2. The minimum absolute atomic E-state index is 0.0367. The zero-order chi connectivity index (χ0) is 26.6. The average Bonchev–Trinajstić information content (AvgIpc) is 3.32. The maximum absolute atomic E-state index is 13.8. The van der Waals surface area contributed by atoms with Crippen LogP contribution >= 0.6 is 0 Å². The fraction of sp³-hybridized carbons (Fsp3) is 0.667. The fourth-order valence-corrected chi connectivity index (χ4v) is 10.3. The van der Waals surface area contributed by atoms with Crippen LogP contribution < -0.4 is 0 Å². The number of hydrogen-bond donors (Lipinski definition) is 2. The smallest absolute Gasteiger partial charge is 0.338 e. The number of hydrogen-bond acceptors (Lipinski definition) is 8. The number of aliphatic hydroxyl groups is 2. The number of piperidine rings is 2. The molecule has 2 N–H and O–H groups in total. The van der Waals surface area contributed by atoms with Gasteiger partial charge in [0.2, 0.25) is 0 Å². The summed E-state index contributed by atoms with van der Waals surface area (Å²) < 4.78 is 17.6. The van der Waals surface area contributed by atoms with E-state index < -0.39 is 47.3 Å². The molecule has 12 atom stereocenters. The van der Waals surface area contributed by atoms with E-state index in [-0.39, 0.29) is 29.4 Å². The van der Waals surface area contributed by atoms with Crippen molar-refractivity contribution in [1.82, 2.24) is 4.90 Å². The van der Waals surface area contributed by atoms with E-state index in [0.717, 1.165) is 24.8 Å². The molecule has 2 unspecified atom stereocenters. The van der Waals surface area contributed by atoms with Crippen LogP contribution in [0.4, 0.5) is 0 Å². The highest BCUT2D eigenvalue weighted by Crippen LogP contribution is 2.75. The Morgan fingerprint density at radius 2 is 1.76 bits per heavy atom. The summed E-state index contributed by atoms with van der Waals surface area (Å²) in [6.07, 6.45) is 2.39. The topological polar surface area (TPSA) is 106 Å². The molecule has 8 nitrogen and oxygen atoms in total. The molecule has 1 spiro atoms. The van der Waals surface area contributed by atoms with Gasteiger partial charge in [0.25, 0.3) is 0 Å². The monoisotopic (exact) mass is 523 g/mol. The lowest BCUT2D eigenvalue weighted by atomic mass is 9.52. The van der Waals surface area contributed by atoms with Crippen molar-refractivity contribution in [3.63, 3.8) is 0 Å². The SMILES string of the molecule is COC(=O)C1=C2[C@]3([C@@H]4C[C@H]5[C@H](CC[C@@H](C)N53)[C@@]2(O)C4)[C@H]2CCC(O)[C@@H](OC)[C@@H]2[C@H]1OC(=O)c1ccccc1. The van der Waals surface area contributed by atoms with Crippen LogP contribution in [0.1, 0.15) is 55.8 Å². The summed E-state index contributed by atoms with van der Waals surface area (Å²) in [4.78, 5) is 29.9. The van der Waals surface area contributed by atoms with Gasteiger partial charge in [-0.25, -0.2) is 9.59 Å². The largest absolute Gasteiger partial charge is 0.466 e. The highest BCUT2D eigenvalue weighted by atomic mass is 16.6. The predicted octanol–water partition coefficient (Wildman–Crippen LogP) is 2.47. The molecule has 0 radical (unpaired) electrons. The van der Waals surface area contributed by atoms with E-state index in [1.807, 2.05) is 6.07 Å². The number of nitrogens with zero attached hydrogens (tertiary/aromatic N) is 1. The van der Waals surface area contributed by atoms with Crippen molar-refractivity contribution in [3.8, 4) is 0 Å². The Morgan fingerprint density at radius 3 is 2.47 bits per heavy atom. The van der Waals surface area contributed by atoms with Gasteiger partial charge in [-0.05, 0) is 75.0 Å². The van der Waals surface area contributed by atoms with Crippen LogP contribution in [0.3, 0.4) is 0 Å². The van der Waals surface area contributed by atoms with Crippen molar-refractivity contribution in [2.24, 2.45) is 23.7 Å². The molecule has 0 amide bonds. The molecule has 3 heterocycles. The first-order valence-corrected chi connectivity index (χ1v) is 14.1. The Kier molecular flexibility index (Phi) is 5.45. The van der Waals surface area contributed by atoms with Crippen molar-refractivity contribution in [2.75, 3.05) is 14.2 Å². The number of methoxy groups -OCH3 is 2. The van der Waals surface area contributed by atoms with Gasteiger partial charge in [0.1, 0.15) is 6.10 Å². The van der Waals surface area contributed by atoms with E-state index >= 15 is 0 Å². The second kappa shape index (κ2) is 8.37. The Bertz CT molecular complexity index is 1200. The first-order chi connectivity index (χ1) is 18.3. The summed E-state index contributed by atoms with van der Waals surface area (Å²) in [6.45, 7) is 2.26. The Labute approximate surface area is 222 Å². The summed E-state index contributed by atoms with van der Waals surface area (Å²) in [7, 11) is 2.92. The highest BCUT2D eigenvalue weighted by Gasteiger charge is 2.81. The van der Waals surface area contributed by atoms with Crippen molar-refractivity contribution >= 4 is 11.9 Å². The van der Waals surface area contributed by atoms with Crippen LogP contribution in [0.15, 0.2) is 41.5 Å². The molecule has 204 valence electrons. The predicted molar refractivity (Wildman–Crippen MR) is 136 cm³/mol. The summed E-state index contributed by atoms with van der Waals surface area (Å²) >= 11 is 0. The lowest BCUT2D eigenvalue weighted by Gasteiger charge is -2.65. The van der Waals surface area contributed by atoms with Gasteiger partial charge in [0.05, 0.1) is 41.6 Å². The fourth-order valence-electron chi connectivity index (χ4n) is 10.3. The maximum Gasteiger partial charge on any atom is 0.338 e. The minimum atomic E-state index is -1.13. The number of esters is 2. The summed E-state index contributed by atoms with van der Waals surface area (Å²) in [6, 6.07) is 9.30. The Hall–Kier alpha value is -2.26. The normalized spacial score (nSPS) is 47.9. The van der Waals surface area contributed by atoms with Crippen molar-refractivity contribution in [2.45, 2.75) is 87.0 Å². The van der Waals surface area contributed by atoms with Gasteiger partial charge in [-0.1, -0.05) is 18.2 Å². The van der Waals surface area contributed by atoms with Gasteiger partial charge in [0, 0.05) is 31.0 Å². The molecular formula is C30H37NO7. The first kappa shape index (κ1) is 24.8. The first-order valence-electron chi connectivity index (χ1n) is 14.1. The van der Waals surface area contributed by atoms with E-state index in [1.54, 1.807) is 31.4 Å².